The van der Waals surface area contributed by atoms with Crippen molar-refractivity contribution in [1.29, 1.82) is 0 Å². The maximum atomic E-state index is 5.66. The van der Waals surface area contributed by atoms with Crippen molar-refractivity contribution in [1.82, 2.24) is 9.97 Å². The number of benzene rings is 9. The Labute approximate surface area is 398 Å². The topological polar surface area (TPSA) is 25.8 Å². The van der Waals surface area contributed by atoms with Crippen LogP contribution in [0.3, 0.4) is 0 Å². The normalized spacial score (nSPS) is 13.8. The largest absolute Gasteiger partial charge is 0.248 e. The van der Waals surface area contributed by atoms with Gasteiger partial charge in [0.1, 0.15) is 0 Å². The van der Waals surface area contributed by atoms with E-state index in [9.17, 15) is 0 Å². The molecule has 2 aliphatic rings. The van der Waals surface area contributed by atoms with Crippen molar-refractivity contribution in [3.8, 4) is 89.4 Å². The Morgan fingerprint density at radius 1 is 0.250 bits per heavy atom. The molecule has 2 aliphatic carbocycles. The van der Waals surface area contributed by atoms with Gasteiger partial charge in [0, 0.05) is 38.3 Å². The smallest absolute Gasteiger partial charge is 0.0794 e. The van der Waals surface area contributed by atoms with E-state index in [1.165, 1.54) is 66.6 Å². The van der Waals surface area contributed by atoms with Gasteiger partial charge in [0.15, 0.2) is 0 Å². The average Bonchev–Trinajstić information content (AvgIpc) is 3.77. The Morgan fingerprint density at radius 3 is 1.32 bits per heavy atom. The minimum atomic E-state index is -0.128. The van der Waals surface area contributed by atoms with Gasteiger partial charge in [-0.2, -0.15) is 0 Å². The quantitative estimate of drug-likeness (QED) is 0.156. The zero-order valence-corrected chi connectivity index (χ0v) is 38.7. The van der Waals surface area contributed by atoms with Crippen molar-refractivity contribution in [3.63, 3.8) is 0 Å². The second-order valence-corrected chi connectivity index (χ2v) is 19.7. The molecule has 0 bridgehead atoms. The van der Waals surface area contributed by atoms with Gasteiger partial charge in [-0.3, -0.25) is 0 Å². The second kappa shape index (κ2) is 15.2. The van der Waals surface area contributed by atoms with Crippen molar-refractivity contribution in [2.75, 3.05) is 0 Å². The van der Waals surface area contributed by atoms with Crippen LogP contribution in [0.4, 0.5) is 0 Å². The highest BCUT2D eigenvalue weighted by molar-refractivity contribution is 6.16. The molecular formula is C66H48N2. The minimum absolute atomic E-state index is 0.110. The molecule has 2 aromatic heterocycles. The zero-order valence-electron chi connectivity index (χ0n) is 38.7. The van der Waals surface area contributed by atoms with E-state index < -0.39 is 0 Å². The lowest BCUT2D eigenvalue weighted by Crippen LogP contribution is -2.15. The van der Waals surface area contributed by atoms with Crippen LogP contribution in [0.5, 0.6) is 0 Å². The standard InChI is InChI=1S/C66H48N2/c1-65(2)57-25-15-13-22-49(57)51-33-31-45(35-59(51)65)54-39-56-55(42-27-29-44(30-28-42)62-38-47(41-17-7-5-8-18-41)37-61(67-62)43-19-9-6-10-20-43)40-63(68-64(56)53-24-12-11-21-48(53)54)46-32-34-52-50-23-14-16-26-58(50)66(3,4)60(52)36-46/h5-40H,1-4H3. The highest BCUT2D eigenvalue weighted by atomic mass is 14.7. The minimum Gasteiger partial charge on any atom is -0.248 e. The van der Waals surface area contributed by atoms with Crippen LogP contribution in [0.15, 0.2) is 218 Å². The van der Waals surface area contributed by atoms with Crippen molar-refractivity contribution in [3.05, 3.63) is 241 Å². The summed E-state index contributed by atoms with van der Waals surface area (Å²) in [5, 5.41) is 3.47. The molecule has 0 aliphatic heterocycles. The van der Waals surface area contributed by atoms with E-state index in [0.29, 0.717) is 0 Å². The molecule has 0 radical (unpaired) electrons. The molecule has 2 nitrogen and oxygen atoms in total. The summed E-state index contributed by atoms with van der Waals surface area (Å²) in [4.78, 5) is 10.9. The summed E-state index contributed by atoms with van der Waals surface area (Å²) in [6.07, 6.45) is 0. The van der Waals surface area contributed by atoms with E-state index in [1.807, 2.05) is 0 Å². The highest BCUT2D eigenvalue weighted by Gasteiger charge is 2.37. The summed E-state index contributed by atoms with van der Waals surface area (Å²) >= 11 is 0. The van der Waals surface area contributed by atoms with E-state index in [0.717, 1.165) is 66.8 Å². The molecular weight excluding hydrogens is 821 g/mol. The van der Waals surface area contributed by atoms with Gasteiger partial charge in [0.25, 0.3) is 0 Å². The third-order valence-electron chi connectivity index (χ3n) is 15.1. The molecule has 0 fully saturated rings. The fraction of sp³-hybridized carbons (Fsp3) is 0.0909. The molecule has 2 heterocycles. The van der Waals surface area contributed by atoms with E-state index in [2.05, 4.69) is 246 Å². The van der Waals surface area contributed by atoms with Crippen LogP contribution in [0.2, 0.25) is 0 Å². The van der Waals surface area contributed by atoms with E-state index >= 15 is 0 Å². The molecule has 68 heavy (non-hydrogen) atoms. The fourth-order valence-electron chi connectivity index (χ4n) is 11.5. The molecule has 0 N–H and O–H groups in total. The molecule has 0 amide bonds. The Balaban J connectivity index is 1.01. The predicted octanol–water partition coefficient (Wildman–Crippen LogP) is 17.4. The average molecular weight is 869 g/mol. The van der Waals surface area contributed by atoms with Crippen molar-refractivity contribution in [2.45, 2.75) is 38.5 Å². The maximum absolute atomic E-state index is 5.66. The summed E-state index contributed by atoms with van der Waals surface area (Å²) in [5.41, 5.74) is 24.7. The molecule has 13 rings (SSSR count). The van der Waals surface area contributed by atoms with Crippen molar-refractivity contribution < 1.29 is 0 Å². The van der Waals surface area contributed by atoms with Gasteiger partial charge in [-0.05, 0) is 120 Å². The van der Waals surface area contributed by atoms with Gasteiger partial charge >= 0.3 is 0 Å². The van der Waals surface area contributed by atoms with Crippen LogP contribution in [0.1, 0.15) is 49.9 Å². The van der Waals surface area contributed by atoms with Gasteiger partial charge in [0.05, 0.1) is 22.6 Å². The number of hydrogen-bond acceptors (Lipinski definition) is 2. The van der Waals surface area contributed by atoms with Crippen molar-refractivity contribution >= 4 is 21.7 Å². The van der Waals surface area contributed by atoms with Crippen molar-refractivity contribution in [2.24, 2.45) is 0 Å². The molecule has 2 heteroatoms. The number of rotatable bonds is 6. The molecule has 0 saturated heterocycles. The van der Waals surface area contributed by atoms with Crippen LogP contribution < -0.4 is 0 Å². The first-order valence-electron chi connectivity index (χ1n) is 23.8. The Morgan fingerprint density at radius 2 is 0.691 bits per heavy atom. The summed E-state index contributed by atoms with van der Waals surface area (Å²) in [6.45, 7) is 9.43. The lowest BCUT2D eigenvalue weighted by atomic mass is 9.81. The SMILES string of the molecule is CC1(C)c2ccccc2-c2ccc(-c3cc(-c4ccc(-c5cc(-c6ccccc6)cc(-c6ccccc6)n5)cc4)c4cc(-c5ccc6c(c5)C(C)(C)c5ccccc5-6)c5ccccc5c4n3)cc21. The molecule has 322 valence electrons. The van der Waals surface area contributed by atoms with Gasteiger partial charge in [-0.25, -0.2) is 9.97 Å². The van der Waals surface area contributed by atoms with E-state index in [4.69, 9.17) is 9.97 Å². The van der Waals surface area contributed by atoms with Crippen LogP contribution in [-0.2, 0) is 10.8 Å². The van der Waals surface area contributed by atoms with E-state index in [-0.39, 0.29) is 10.8 Å². The highest BCUT2D eigenvalue weighted by Crippen LogP contribution is 2.52. The molecule has 0 spiro atoms. The number of hydrogen-bond donors (Lipinski definition) is 0. The Bertz CT molecular complexity index is 3760. The van der Waals surface area contributed by atoms with Gasteiger partial charge in [-0.15, -0.1) is 0 Å². The number of pyridine rings is 2. The molecule has 0 saturated carbocycles. The first-order chi connectivity index (χ1) is 33.2. The number of nitrogens with zero attached hydrogens (tertiary/aromatic N) is 2. The monoisotopic (exact) mass is 868 g/mol. The number of aromatic nitrogens is 2. The first kappa shape index (κ1) is 40.1. The zero-order chi connectivity index (χ0) is 45.7. The molecule has 9 aromatic carbocycles. The molecule has 0 unspecified atom stereocenters. The van der Waals surface area contributed by atoms with Gasteiger partial charge in [-0.1, -0.05) is 210 Å². The fourth-order valence-corrected chi connectivity index (χ4v) is 11.5. The molecule has 0 atom stereocenters. The number of fused-ring (bicyclic) bond motifs is 9. The first-order valence-corrected chi connectivity index (χ1v) is 23.8. The third kappa shape index (κ3) is 6.25. The van der Waals surface area contributed by atoms with Crippen LogP contribution >= 0.6 is 0 Å². The molecule has 11 aromatic rings. The summed E-state index contributed by atoms with van der Waals surface area (Å²) in [5.74, 6) is 0. The summed E-state index contributed by atoms with van der Waals surface area (Å²) in [7, 11) is 0. The van der Waals surface area contributed by atoms with Crippen LogP contribution in [0.25, 0.3) is 111 Å². The second-order valence-electron chi connectivity index (χ2n) is 19.7. The van der Waals surface area contributed by atoms with Gasteiger partial charge in [0.2, 0.25) is 0 Å². The van der Waals surface area contributed by atoms with Crippen LogP contribution in [-0.4, -0.2) is 9.97 Å². The van der Waals surface area contributed by atoms with E-state index in [1.54, 1.807) is 0 Å². The Kier molecular flexibility index (Phi) is 8.95. The lowest BCUT2D eigenvalue weighted by molar-refractivity contribution is 0.660. The summed E-state index contributed by atoms with van der Waals surface area (Å²) in [6, 6.07) is 80.0. The summed E-state index contributed by atoms with van der Waals surface area (Å²) < 4.78 is 0. The van der Waals surface area contributed by atoms with Crippen LogP contribution in [0, 0.1) is 0 Å². The predicted molar refractivity (Wildman–Crippen MR) is 285 cm³/mol. The lowest BCUT2D eigenvalue weighted by Gasteiger charge is -2.22. The van der Waals surface area contributed by atoms with Gasteiger partial charge < -0.3 is 0 Å². The third-order valence-corrected chi connectivity index (χ3v) is 15.1. The Hall–Kier alpha value is -8.20. The maximum Gasteiger partial charge on any atom is 0.0794 e.